The Labute approximate surface area is 249 Å². The first-order valence-corrected chi connectivity index (χ1v) is 15.0. The molecule has 0 saturated carbocycles. The van der Waals surface area contributed by atoms with Crippen molar-refractivity contribution < 1.29 is 24.1 Å². The summed E-state index contributed by atoms with van der Waals surface area (Å²) in [6, 6.07) is 24.4. The molecule has 3 aromatic carbocycles. The van der Waals surface area contributed by atoms with Gasteiger partial charge < -0.3 is 29.5 Å². The van der Waals surface area contributed by atoms with Crippen LogP contribution >= 0.6 is 0 Å². The molecule has 2 N–H and O–H groups in total. The molecule has 7 heteroatoms. The van der Waals surface area contributed by atoms with Gasteiger partial charge in [0.2, 0.25) is 0 Å². The lowest BCUT2D eigenvalue weighted by molar-refractivity contribution is -0.276. The fourth-order valence-electron chi connectivity index (χ4n) is 5.85. The van der Waals surface area contributed by atoms with Crippen molar-refractivity contribution in [2.24, 2.45) is 5.92 Å². The Hall–Kier alpha value is -3.49. The number of amides is 1. The number of nitrogens with zero attached hydrogens (tertiary/aromatic N) is 1. The first-order valence-electron chi connectivity index (χ1n) is 15.0. The number of rotatable bonds is 10. The molecule has 2 heterocycles. The Balaban J connectivity index is 1.35. The first-order chi connectivity index (χ1) is 20.6. The molecule has 2 aliphatic rings. The number of alkyl carbamates (subject to hydrolysis) is 1. The third kappa shape index (κ3) is 7.47. The van der Waals surface area contributed by atoms with E-state index in [9.17, 15) is 9.90 Å². The van der Waals surface area contributed by atoms with E-state index in [0.29, 0.717) is 6.54 Å². The van der Waals surface area contributed by atoms with Crippen molar-refractivity contribution >= 4 is 6.09 Å². The Morgan fingerprint density at radius 2 is 1.71 bits per heavy atom. The summed E-state index contributed by atoms with van der Waals surface area (Å²) in [4.78, 5) is 14.5. The van der Waals surface area contributed by atoms with Crippen LogP contribution in [0.5, 0.6) is 0 Å². The van der Waals surface area contributed by atoms with Gasteiger partial charge in [-0.25, -0.2) is 4.79 Å². The molecule has 0 spiro atoms. The van der Waals surface area contributed by atoms with E-state index in [2.05, 4.69) is 66.2 Å². The molecule has 3 aromatic rings. The number of aliphatic hydroxyl groups excluding tert-OH is 1. The Kier molecular flexibility index (Phi) is 10.4. The van der Waals surface area contributed by atoms with Crippen LogP contribution in [0.2, 0.25) is 0 Å². The summed E-state index contributed by atoms with van der Waals surface area (Å²) >= 11 is 0. The van der Waals surface area contributed by atoms with Gasteiger partial charge in [-0.3, -0.25) is 0 Å². The molecule has 0 aromatic heterocycles. The highest BCUT2D eigenvalue weighted by Crippen LogP contribution is 2.42. The average molecular weight is 571 g/mol. The van der Waals surface area contributed by atoms with Crippen molar-refractivity contribution in [1.29, 1.82) is 0 Å². The van der Waals surface area contributed by atoms with E-state index < -0.39 is 12.4 Å². The summed E-state index contributed by atoms with van der Waals surface area (Å²) in [7, 11) is 0. The van der Waals surface area contributed by atoms with Crippen LogP contribution in [0.25, 0.3) is 11.1 Å². The number of carbonyl (C=O) groups excluding carboxylic acids is 1. The van der Waals surface area contributed by atoms with E-state index in [1.165, 1.54) is 19.3 Å². The number of hydrogen-bond donors (Lipinski definition) is 2. The van der Waals surface area contributed by atoms with Gasteiger partial charge in [0.1, 0.15) is 6.61 Å². The number of benzene rings is 3. The number of nitrogens with one attached hydrogen (secondary N) is 1. The number of piperidine rings is 1. The van der Waals surface area contributed by atoms with Crippen molar-refractivity contribution in [2.45, 2.75) is 57.8 Å². The minimum absolute atomic E-state index is 0.0234. The first kappa shape index (κ1) is 30.0. The number of aliphatic hydroxyl groups is 1. The summed E-state index contributed by atoms with van der Waals surface area (Å²) in [5, 5.41) is 12.3. The van der Waals surface area contributed by atoms with Crippen LogP contribution in [0, 0.1) is 5.92 Å². The maximum atomic E-state index is 12.0. The Morgan fingerprint density at radius 1 is 1.00 bits per heavy atom. The van der Waals surface area contributed by atoms with Crippen LogP contribution in [0.1, 0.15) is 60.8 Å². The van der Waals surface area contributed by atoms with Gasteiger partial charge >= 0.3 is 6.09 Å². The summed E-state index contributed by atoms with van der Waals surface area (Å²) in [5.41, 5.74) is 6.03. The summed E-state index contributed by atoms with van der Waals surface area (Å²) in [5.74, 6) is 0.167. The van der Waals surface area contributed by atoms with Gasteiger partial charge in [0.25, 0.3) is 0 Å². The summed E-state index contributed by atoms with van der Waals surface area (Å²) in [6.07, 6.45) is 4.25. The zero-order valence-electron chi connectivity index (χ0n) is 24.4. The summed E-state index contributed by atoms with van der Waals surface area (Å²) < 4.78 is 18.4. The zero-order chi connectivity index (χ0) is 29.3. The molecule has 2 saturated heterocycles. The standard InChI is InChI=1S/C35H42N2O5/c1-3-21-40-35(39)36-22-30-9-5-6-10-31(30)27-15-17-29(18-16-27)34-41-32(23-37-19-7-4-8-20-37)25(2)33(42-34)28-13-11-26(24-38)12-14-28/h3,5-6,9-18,25,32-34,38H,1,4,7-8,19-24H2,2H3,(H,36,39)/t25-,32+,33+,34+/m1/s1. The average Bonchev–Trinajstić information content (AvgIpc) is 3.04. The highest BCUT2D eigenvalue weighted by Gasteiger charge is 2.39. The van der Waals surface area contributed by atoms with Gasteiger partial charge in [-0.15, -0.1) is 0 Å². The van der Waals surface area contributed by atoms with Crippen LogP contribution in [0.15, 0.2) is 85.5 Å². The molecule has 0 radical (unpaired) electrons. The smallest absolute Gasteiger partial charge is 0.407 e. The summed E-state index contributed by atoms with van der Waals surface area (Å²) in [6.45, 7) is 9.46. The number of ether oxygens (including phenoxy) is 3. The van der Waals surface area contributed by atoms with Crippen LogP contribution in [-0.2, 0) is 27.4 Å². The molecular formula is C35H42N2O5. The molecule has 5 rings (SSSR count). The highest BCUT2D eigenvalue weighted by molar-refractivity contribution is 5.70. The van der Waals surface area contributed by atoms with E-state index in [1.807, 2.05) is 30.3 Å². The van der Waals surface area contributed by atoms with Crippen molar-refractivity contribution in [3.63, 3.8) is 0 Å². The maximum absolute atomic E-state index is 12.0. The molecule has 4 atom stereocenters. The SMILES string of the molecule is C=CCOC(=O)NCc1ccccc1-c1ccc([C@H]2O[C@@H](CN3CCCCC3)[C@@H](C)[C@@H](c3ccc(CO)cc3)O2)cc1. The molecule has 0 aliphatic carbocycles. The van der Waals surface area contributed by atoms with E-state index >= 15 is 0 Å². The second kappa shape index (κ2) is 14.6. The zero-order valence-corrected chi connectivity index (χ0v) is 24.4. The molecule has 1 amide bonds. The molecule has 0 unspecified atom stereocenters. The normalized spacial score (nSPS) is 22.8. The van der Waals surface area contributed by atoms with Gasteiger partial charge in [-0.05, 0) is 53.7 Å². The highest BCUT2D eigenvalue weighted by atomic mass is 16.7. The van der Waals surface area contributed by atoms with Gasteiger partial charge in [0.15, 0.2) is 6.29 Å². The molecular weight excluding hydrogens is 528 g/mol. The van der Waals surface area contributed by atoms with E-state index in [-0.39, 0.29) is 31.3 Å². The van der Waals surface area contributed by atoms with Crippen LogP contribution in [0.3, 0.4) is 0 Å². The van der Waals surface area contributed by atoms with E-state index in [1.54, 1.807) is 6.08 Å². The van der Waals surface area contributed by atoms with Crippen molar-refractivity contribution in [2.75, 3.05) is 26.2 Å². The third-order valence-electron chi connectivity index (χ3n) is 8.28. The Bertz CT molecular complexity index is 1300. The number of carbonyl (C=O) groups is 1. The van der Waals surface area contributed by atoms with E-state index in [4.69, 9.17) is 14.2 Å². The second-order valence-electron chi connectivity index (χ2n) is 11.2. The van der Waals surface area contributed by atoms with E-state index in [0.717, 1.165) is 53.0 Å². The molecule has 2 aliphatic heterocycles. The lowest BCUT2D eigenvalue weighted by Crippen LogP contribution is -2.45. The molecule has 42 heavy (non-hydrogen) atoms. The fourth-order valence-corrected chi connectivity index (χ4v) is 5.85. The van der Waals surface area contributed by atoms with Gasteiger partial charge in [-0.1, -0.05) is 98.8 Å². The van der Waals surface area contributed by atoms with Crippen LogP contribution in [-0.4, -0.2) is 48.4 Å². The quantitative estimate of drug-likeness (QED) is 0.270. The minimum Gasteiger partial charge on any atom is -0.445 e. The predicted octanol–water partition coefficient (Wildman–Crippen LogP) is 6.54. The molecule has 2 fully saturated rings. The van der Waals surface area contributed by atoms with Crippen LogP contribution < -0.4 is 5.32 Å². The van der Waals surface area contributed by atoms with Crippen molar-refractivity contribution in [3.8, 4) is 11.1 Å². The molecule has 222 valence electrons. The van der Waals surface area contributed by atoms with Crippen molar-refractivity contribution in [3.05, 3.63) is 108 Å². The monoisotopic (exact) mass is 570 g/mol. The van der Waals surface area contributed by atoms with Crippen molar-refractivity contribution in [1.82, 2.24) is 10.2 Å². The third-order valence-corrected chi connectivity index (χ3v) is 8.28. The maximum Gasteiger partial charge on any atom is 0.407 e. The molecule has 7 nitrogen and oxygen atoms in total. The van der Waals surface area contributed by atoms with Crippen LogP contribution in [0.4, 0.5) is 4.79 Å². The topological polar surface area (TPSA) is 80.3 Å². The lowest BCUT2D eigenvalue weighted by atomic mass is 9.89. The van der Waals surface area contributed by atoms with Gasteiger partial charge in [-0.2, -0.15) is 0 Å². The van der Waals surface area contributed by atoms with Gasteiger partial charge in [0, 0.05) is 24.6 Å². The Morgan fingerprint density at radius 3 is 2.43 bits per heavy atom. The lowest BCUT2D eigenvalue weighted by Gasteiger charge is -2.43. The predicted molar refractivity (Wildman–Crippen MR) is 164 cm³/mol. The minimum atomic E-state index is -0.496. The molecule has 0 bridgehead atoms. The second-order valence-corrected chi connectivity index (χ2v) is 11.2. The number of hydrogen-bond acceptors (Lipinski definition) is 6. The number of likely N-dealkylation sites (tertiary alicyclic amines) is 1. The largest absolute Gasteiger partial charge is 0.445 e. The van der Waals surface area contributed by atoms with Gasteiger partial charge in [0.05, 0.1) is 18.8 Å². The fraction of sp³-hybridized carbons (Fsp3) is 0.400.